The zero-order valence-corrected chi connectivity index (χ0v) is 20.1. The molecule has 2 aromatic carbocycles. The fraction of sp³-hybridized carbons (Fsp3) is 0.385. The summed E-state index contributed by atoms with van der Waals surface area (Å²) in [4.78, 5) is 7.62. The van der Waals surface area contributed by atoms with Crippen LogP contribution in [-0.2, 0) is 7.05 Å². The van der Waals surface area contributed by atoms with Gasteiger partial charge in [0.15, 0.2) is 0 Å². The van der Waals surface area contributed by atoms with Gasteiger partial charge in [-0.1, -0.05) is 45.1 Å². The Labute approximate surface area is 202 Å². The lowest BCUT2D eigenvalue weighted by atomic mass is 9.91. The minimum atomic E-state index is -4.71. The molecule has 0 aliphatic heterocycles. The van der Waals surface area contributed by atoms with Gasteiger partial charge in [-0.05, 0) is 55.3 Å². The number of hydrogen-bond acceptors (Lipinski definition) is 4. The molecule has 2 N–H and O–H groups in total. The predicted octanol–water partition coefficient (Wildman–Crippen LogP) is 7.50. The molecule has 0 unspecified atom stereocenters. The molecule has 1 fully saturated rings. The van der Waals surface area contributed by atoms with Crippen molar-refractivity contribution in [2.75, 3.05) is 5.32 Å². The van der Waals surface area contributed by atoms with Gasteiger partial charge in [-0.25, -0.2) is 4.98 Å². The molecule has 4 aromatic rings. The molecule has 1 saturated carbocycles. The molecular weight excluding hydrogens is 455 g/mol. The van der Waals surface area contributed by atoms with Crippen molar-refractivity contribution in [2.24, 2.45) is 13.0 Å². The van der Waals surface area contributed by atoms with E-state index in [1.165, 1.54) is 56.4 Å². The second-order valence-corrected chi connectivity index (χ2v) is 9.05. The minimum absolute atomic E-state index is 0.279. The highest BCUT2D eigenvalue weighted by Gasteiger charge is 2.30. The molecule has 186 valence electrons. The van der Waals surface area contributed by atoms with Crippen molar-refractivity contribution >= 4 is 22.7 Å². The molecule has 0 saturated heterocycles. The molecule has 1 aliphatic carbocycles. The van der Waals surface area contributed by atoms with Crippen LogP contribution >= 0.6 is 0 Å². The first kappa shape index (κ1) is 24.6. The summed E-state index contributed by atoms with van der Waals surface area (Å²) in [6, 6.07) is 13.3. The number of rotatable bonds is 4. The standard InChI is InChI=1S/C19H16F3N5O.C7H14/c1-11-9-17(27(2)26-11)12-3-8-15-16(10-12)25-18(24-15)23-13-4-6-14(7-5-13)28-19(20,21)22;1-7-5-3-2-4-6-7/h3-10H,1-2H3,(H2,23,24,25);7H,2-6H2,1H3. The number of alkyl halides is 3. The Morgan fingerprint density at radius 1 is 1.03 bits per heavy atom. The molecule has 0 bridgehead atoms. The van der Waals surface area contributed by atoms with E-state index in [1.54, 1.807) is 0 Å². The molecule has 0 amide bonds. The molecule has 35 heavy (non-hydrogen) atoms. The average molecular weight is 486 g/mol. The highest BCUT2D eigenvalue weighted by Crippen LogP contribution is 2.27. The summed E-state index contributed by atoms with van der Waals surface area (Å²) in [6.45, 7) is 4.30. The van der Waals surface area contributed by atoms with Crippen LogP contribution in [-0.4, -0.2) is 26.1 Å². The van der Waals surface area contributed by atoms with E-state index in [0.29, 0.717) is 11.6 Å². The van der Waals surface area contributed by atoms with Gasteiger partial charge in [0, 0.05) is 18.3 Å². The summed E-state index contributed by atoms with van der Waals surface area (Å²) in [5, 5.41) is 7.39. The Balaban J connectivity index is 0.000000356. The number of aromatic nitrogens is 4. The summed E-state index contributed by atoms with van der Waals surface area (Å²) < 4.78 is 42.4. The van der Waals surface area contributed by atoms with Crippen LogP contribution in [0.25, 0.3) is 22.3 Å². The van der Waals surface area contributed by atoms with Crippen molar-refractivity contribution in [1.82, 2.24) is 19.7 Å². The van der Waals surface area contributed by atoms with Crippen molar-refractivity contribution in [3.8, 4) is 17.0 Å². The van der Waals surface area contributed by atoms with Crippen molar-refractivity contribution in [2.45, 2.75) is 52.3 Å². The second-order valence-electron chi connectivity index (χ2n) is 9.05. The molecule has 1 aliphatic rings. The van der Waals surface area contributed by atoms with Crippen molar-refractivity contribution < 1.29 is 17.9 Å². The van der Waals surface area contributed by atoms with Gasteiger partial charge in [0.1, 0.15) is 5.75 Å². The van der Waals surface area contributed by atoms with E-state index >= 15 is 0 Å². The predicted molar refractivity (Wildman–Crippen MR) is 132 cm³/mol. The summed E-state index contributed by atoms with van der Waals surface area (Å²) in [6.07, 6.45) is 2.73. The van der Waals surface area contributed by atoms with Gasteiger partial charge in [-0.15, -0.1) is 13.2 Å². The third-order valence-corrected chi connectivity index (χ3v) is 6.02. The van der Waals surface area contributed by atoms with Crippen LogP contribution in [0.5, 0.6) is 5.75 Å². The second kappa shape index (κ2) is 10.4. The summed E-state index contributed by atoms with van der Waals surface area (Å²) >= 11 is 0. The summed E-state index contributed by atoms with van der Waals surface area (Å²) in [7, 11) is 1.89. The van der Waals surface area contributed by atoms with Crippen molar-refractivity contribution in [1.29, 1.82) is 0 Å². The van der Waals surface area contributed by atoms with Crippen LogP contribution in [0, 0.1) is 12.8 Å². The fourth-order valence-electron chi connectivity index (χ4n) is 4.29. The minimum Gasteiger partial charge on any atom is -0.406 e. The van der Waals surface area contributed by atoms with Gasteiger partial charge in [0.05, 0.1) is 22.4 Å². The lowest BCUT2D eigenvalue weighted by molar-refractivity contribution is -0.274. The Morgan fingerprint density at radius 2 is 1.74 bits per heavy atom. The number of fused-ring (bicyclic) bond motifs is 1. The maximum atomic E-state index is 12.2. The smallest absolute Gasteiger partial charge is 0.406 e. The fourth-order valence-corrected chi connectivity index (χ4v) is 4.29. The lowest BCUT2D eigenvalue weighted by Crippen LogP contribution is -2.16. The monoisotopic (exact) mass is 485 g/mol. The molecule has 2 aromatic heterocycles. The molecule has 2 heterocycles. The van der Waals surface area contributed by atoms with E-state index in [0.717, 1.165) is 33.9 Å². The number of aryl methyl sites for hydroxylation is 2. The topological polar surface area (TPSA) is 67.8 Å². The number of ether oxygens (including phenoxy) is 1. The molecule has 5 rings (SSSR count). The quantitative estimate of drug-likeness (QED) is 0.314. The number of aromatic amines is 1. The van der Waals surface area contributed by atoms with Gasteiger partial charge in [-0.3, -0.25) is 4.68 Å². The number of nitrogens with one attached hydrogen (secondary N) is 2. The Bertz CT molecular complexity index is 1250. The van der Waals surface area contributed by atoms with E-state index in [-0.39, 0.29) is 5.75 Å². The lowest BCUT2D eigenvalue weighted by Gasteiger charge is -2.15. The highest BCUT2D eigenvalue weighted by molar-refractivity contribution is 5.83. The number of halogens is 3. The molecule has 0 spiro atoms. The third-order valence-electron chi connectivity index (χ3n) is 6.02. The number of hydrogen-bond donors (Lipinski definition) is 2. The molecule has 0 atom stereocenters. The first-order valence-corrected chi connectivity index (χ1v) is 11.8. The van der Waals surface area contributed by atoms with E-state index in [4.69, 9.17) is 0 Å². The number of imidazole rings is 1. The number of anilines is 2. The van der Waals surface area contributed by atoms with Gasteiger partial charge in [0.2, 0.25) is 5.95 Å². The first-order valence-electron chi connectivity index (χ1n) is 11.8. The van der Waals surface area contributed by atoms with Gasteiger partial charge >= 0.3 is 6.36 Å². The van der Waals surface area contributed by atoms with Crippen LogP contribution in [0.4, 0.5) is 24.8 Å². The van der Waals surface area contributed by atoms with E-state index in [1.807, 2.05) is 42.9 Å². The third kappa shape index (κ3) is 6.77. The maximum Gasteiger partial charge on any atom is 0.573 e. The number of nitrogens with zero attached hydrogens (tertiary/aromatic N) is 3. The van der Waals surface area contributed by atoms with E-state index < -0.39 is 6.36 Å². The maximum absolute atomic E-state index is 12.2. The van der Waals surface area contributed by atoms with Crippen LogP contribution in [0.3, 0.4) is 0 Å². The SMILES string of the molecule is CC1CCCCC1.Cc1cc(-c2ccc3nc(Nc4ccc(OC(F)(F)F)cc4)[nH]c3c2)n(C)n1. The molecule has 0 radical (unpaired) electrons. The van der Waals surface area contributed by atoms with E-state index in [9.17, 15) is 13.2 Å². The Morgan fingerprint density at radius 3 is 2.31 bits per heavy atom. The first-order chi connectivity index (χ1) is 16.7. The average Bonchev–Trinajstić information content (AvgIpc) is 3.35. The van der Waals surface area contributed by atoms with Crippen LogP contribution < -0.4 is 10.1 Å². The van der Waals surface area contributed by atoms with Gasteiger partial charge < -0.3 is 15.0 Å². The zero-order valence-electron chi connectivity index (χ0n) is 20.1. The normalized spacial score (nSPS) is 14.5. The van der Waals surface area contributed by atoms with Crippen LogP contribution in [0.1, 0.15) is 44.7 Å². The van der Waals surface area contributed by atoms with Crippen molar-refractivity contribution in [3.63, 3.8) is 0 Å². The van der Waals surface area contributed by atoms with E-state index in [2.05, 4.69) is 32.0 Å². The summed E-state index contributed by atoms with van der Waals surface area (Å²) in [5.74, 6) is 1.24. The molecule has 9 heteroatoms. The number of H-pyrrole nitrogens is 1. The zero-order chi connectivity index (χ0) is 25.0. The van der Waals surface area contributed by atoms with Crippen LogP contribution in [0.2, 0.25) is 0 Å². The number of benzene rings is 2. The molecule has 6 nitrogen and oxygen atoms in total. The Kier molecular flexibility index (Phi) is 7.33. The molecular formula is C26H30F3N5O. The summed E-state index contributed by atoms with van der Waals surface area (Å²) in [5.41, 5.74) is 5.10. The van der Waals surface area contributed by atoms with Gasteiger partial charge in [0.25, 0.3) is 0 Å². The highest BCUT2D eigenvalue weighted by atomic mass is 19.4. The van der Waals surface area contributed by atoms with Crippen molar-refractivity contribution in [3.05, 3.63) is 54.2 Å². The largest absolute Gasteiger partial charge is 0.573 e. The van der Waals surface area contributed by atoms with Gasteiger partial charge in [-0.2, -0.15) is 5.10 Å². The Hall–Kier alpha value is -3.49. The van der Waals surface area contributed by atoms with Crippen LogP contribution in [0.15, 0.2) is 48.5 Å².